The summed E-state index contributed by atoms with van der Waals surface area (Å²) < 4.78 is 25.6. The fraction of sp³-hybridized carbons (Fsp3) is 0.300. The highest BCUT2D eigenvalue weighted by molar-refractivity contribution is 7.89. The SMILES string of the molecule is Cc1ccc(N2C[C@@H](C(=O)Nc3cccc(S(=O)(=O)N(C)C)c3)CC2=O)cc1. The highest BCUT2D eigenvalue weighted by Crippen LogP contribution is 2.27. The number of hydrogen-bond donors (Lipinski definition) is 1. The van der Waals surface area contributed by atoms with E-state index in [0.29, 0.717) is 12.2 Å². The molecule has 0 unspecified atom stereocenters. The van der Waals surface area contributed by atoms with Crippen LogP contribution < -0.4 is 10.2 Å². The van der Waals surface area contributed by atoms with Crippen molar-refractivity contribution < 1.29 is 18.0 Å². The molecule has 0 bridgehead atoms. The summed E-state index contributed by atoms with van der Waals surface area (Å²) in [5.41, 5.74) is 2.25. The Balaban J connectivity index is 1.72. The largest absolute Gasteiger partial charge is 0.326 e. The summed E-state index contributed by atoms with van der Waals surface area (Å²) in [7, 11) is -0.694. The summed E-state index contributed by atoms with van der Waals surface area (Å²) in [6, 6.07) is 13.7. The third-order valence-electron chi connectivity index (χ3n) is 4.72. The fourth-order valence-electron chi connectivity index (χ4n) is 3.05. The molecule has 28 heavy (non-hydrogen) atoms. The maximum Gasteiger partial charge on any atom is 0.242 e. The van der Waals surface area contributed by atoms with Crippen LogP contribution in [0.25, 0.3) is 0 Å². The zero-order valence-corrected chi connectivity index (χ0v) is 16.9. The van der Waals surface area contributed by atoms with E-state index in [2.05, 4.69) is 5.32 Å². The van der Waals surface area contributed by atoms with Crippen molar-refractivity contribution in [2.75, 3.05) is 30.9 Å². The molecule has 0 spiro atoms. The molecule has 0 saturated carbocycles. The zero-order chi connectivity index (χ0) is 20.5. The second-order valence-corrected chi connectivity index (χ2v) is 9.20. The Morgan fingerprint density at radius 1 is 1.14 bits per heavy atom. The molecule has 1 aliphatic heterocycles. The molecule has 0 aliphatic carbocycles. The first kappa shape index (κ1) is 20.0. The van der Waals surface area contributed by atoms with Crippen molar-refractivity contribution in [2.45, 2.75) is 18.2 Å². The van der Waals surface area contributed by atoms with Crippen LogP contribution in [0.2, 0.25) is 0 Å². The summed E-state index contributed by atoms with van der Waals surface area (Å²) >= 11 is 0. The number of nitrogens with one attached hydrogen (secondary N) is 1. The van der Waals surface area contributed by atoms with Gasteiger partial charge in [-0.1, -0.05) is 23.8 Å². The van der Waals surface area contributed by atoms with Gasteiger partial charge in [0, 0.05) is 38.4 Å². The fourth-order valence-corrected chi connectivity index (χ4v) is 3.99. The number of sulfonamides is 1. The van der Waals surface area contributed by atoms with Gasteiger partial charge in [-0.25, -0.2) is 12.7 Å². The molecule has 2 aromatic carbocycles. The van der Waals surface area contributed by atoms with Crippen LogP contribution in [0, 0.1) is 12.8 Å². The van der Waals surface area contributed by atoms with Gasteiger partial charge in [0.2, 0.25) is 21.8 Å². The van der Waals surface area contributed by atoms with Crippen LogP contribution in [0.1, 0.15) is 12.0 Å². The van der Waals surface area contributed by atoms with Gasteiger partial charge in [-0.05, 0) is 37.3 Å². The van der Waals surface area contributed by atoms with Crippen molar-refractivity contribution in [3.63, 3.8) is 0 Å². The van der Waals surface area contributed by atoms with Crippen LogP contribution in [0.5, 0.6) is 0 Å². The maximum absolute atomic E-state index is 12.6. The Hall–Kier alpha value is -2.71. The molecular weight excluding hydrogens is 378 g/mol. The quantitative estimate of drug-likeness (QED) is 0.832. The number of hydrogen-bond acceptors (Lipinski definition) is 4. The molecule has 2 amide bonds. The third kappa shape index (κ3) is 4.07. The number of amides is 2. The van der Waals surface area contributed by atoms with Gasteiger partial charge in [0.25, 0.3) is 0 Å². The zero-order valence-electron chi connectivity index (χ0n) is 16.0. The van der Waals surface area contributed by atoms with E-state index in [0.717, 1.165) is 15.6 Å². The predicted octanol–water partition coefficient (Wildman–Crippen LogP) is 2.24. The lowest BCUT2D eigenvalue weighted by atomic mass is 10.1. The van der Waals surface area contributed by atoms with Crippen molar-refractivity contribution in [1.82, 2.24) is 4.31 Å². The minimum absolute atomic E-state index is 0.0964. The van der Waals surface area contributed by atoms with Crippen molar-refractivity contribution in [3.05, 3.63) is 54.1 Å². The Labute approximate surface area is 165 Å². The van der Waals surface area contributed by atoms with Gasteiger partial charge in [0.15, 0.2) is 0 Å². The molecule has 0 aromatic heterocycles. The summed E-state index contributed by atoms with van der Waals surface area (Å²) in [5.74, 6) is -0.904. The highest BCUT2D eigenvalue weighted by Gasteiger charge is 2.35. The van der Waals surface area contributed by atoms with Crippen molar-refractivity contribution in [2.24, 2.45) is 5.92 Å². The van der Waals surface area contributed by atoms with E-state index >= 15 is 0 Å². The van der Waals surface area contributed by atoms with E-state index in [9.17, 15) is 18.0 Å². The minimum atomic E-state index is -3.59. The third-order valence-corrected chi connectivity index (χ3v) is 6.53. The summed E-state index contributed by atoms with van der Waals surface area (Å²) in [6.07, 6.45) is 0.120. The molecule has 1 fully saturated rings. The molecule has 3 rings (SSSR count). The minimum Gasteiger partial charge on any atom is -0.326 e. The predicted molar refractivity (Wildman–Crippen MR) is 108 cm³/mol. The van der Waals surface area contributed by atoms with E-state index in [1.165, 1.54) is 26.2 Å². The molecule has 1 aliphatic rings. The number of rotatable bonds is 5. The molecule has 2 aromatic rings. The van der Waals surface area contributed by atoms with E-state index < -0.39 is 15.9 Å². The van der Waals surface area contributed by atoms with Crippen LogP contribution >= 0.6 is 0 Å². The standard InChI is InChI=1S/C20H23N3O4S/c1-14-7-9-17(10-8-14)23-13-15(11-19(23)24)20(25)21-16-5-4-6-18(12-16)28(26,27)22(2)3/h4-10,12,15H,11,13H2,1-3H3,(H,21,25)/t15-/m0/s1. The first-order chi connectivity index (χ1) is 13.2. The van der Waals surface area contributed by atoms with Crippen molar-refractivity contribution in [3.8, 4) is 0 Å². The van der Waals surface area contributed by atoms with Gasteiger partial charge in [-0.3, -0.25) is 9.59 Å². The van der Waals surface area contributed by atoms with Gasteiger partial charge in [0.1, 0.15) is 0 Å². The highest BCUT2D eigenvalue weighted by atomic mass is 32.2. The average Bonchev–Trinajstić information content (AvgIpc) is 3.04. The number of carbonyl (C=O) groups excluding carboxylic acids is 2. The van der Waals surface area contributed by atoms with Gasteiger partial charge in [0.05, 0.1) is 10.8 Å². The molecule has 1 atom stereocenters. The van der Waals surface area contributed by atoms with Gasteiger partial charge < -0.3 is 10.2 Å². The number of carbonyl (C=O) groups is 2. The lowest BCUT2D eigenvalue weighted by molar-refractivity contribution is -0.122. The number of anilines is 2. The van der Waals surface area contributed by atoms with Crippen molar-refractivity contribution in [1.29, 1.82) is 0 Å². The smallest absolute Gasteiger partial charge is 0.242 e. The molecule has 0 radical (unpaired) electrons. The van der Waals surface area contributed by atoms with Crippen molar-refractivity contribution >= 4 is 33.2 Å². The van der Waals surface area contributed by atoms with E-state index in [4.69, 9.17) is 0 Å². The van der Waals surface area contributed by atoms with Crippen LogP contribution in [0.4, 0.5) is 11.4 Å². The second kappa shape index (κ2) is 7.73. The van der Waals surface area contributed by atoms with E-state index in [-0.39, 0.29) is 23.1 Å². The molecule has 7 nitrogen and oxygen atoms in total. The Bertz CT molecular complexity index is 1000. The van der Waals surface area contributed by atoms with Gasteiger partial charge in [-0.2, -0.15) is 0 Å². The molecule has 148 valence electrons. The first-order valence-electron chi connectivity index (χ1n) is 8.89. The van der Waals surface area contributed by atoms with Crippen LogP contribution in [0.3, 0.4) is 0 Å². The van der Waals surface area contributed by atoms with Crippen LogP contribution in [-0.4, -0.2) is 45.2 Å². The number of nitrogens with zero attached hydrogens (tertiary/aromatic N) is 2. The topological polar surface area (TPSA) is 86.8 Å². The van der Waals surface area contributed by atoms with Gasteiger partial charge in [-0.15, -0.1) is 0 Å². The maximum atomic E-state index is 12.6. The lowest BCUT2D eigenvalue weighted by Gasteiger charge is -2.17. The first-order valence-corrected chi connectivity index (χ1v) is 10.3. The summed E-state index contributed by atoms with van der Waals surface area (Å²) in [4.78, 5) is 26.7. The normalized spacial score (nSPS) is 17.2. The van der Waals surface area contributed by atoms with E-state index in [1.807, 2.05) is 31.2 Å². The van der Waals surface area contributed by atoms with Gasteiger partial charge >= 0.3 is 0 Å². The summed E-state index contributed by atoms with van der Waals surface area (Å²) in [5, 5.41) is 2.74. The monoisotopic (exact) mass is 401 g/mol. The van der Waals surface area contributed by atoms with Crippen LogP contribution in [-0.2, 0) is 19.6 Å². The molecular formula is C20H23N3O4S. The number of aryl methyl sites for hydroxylation is 1. The molecule has 8 heteroatoms. The molecule has 1 saturated heterocycles. The molecule has 1 heterocycles. The average molecular weight is 401 g/mol. The number of benzene rings is 2. The lowest BCUT2D eigenvalue weighted by Crippen LogP contribution is -2.28. The second-order valence-electron chi connectivity index (χ2n) is 7.05. The Morgan fingerprint density at radius 2 is 1.82 bits per heavy atom. The summed E-state index contributed by atoms with van der Waals surface area (Å²) in [6.45, 7) is 2.26. The van der Waals surface area contributed by atoms with E-state index in [1.54, 1.807) is 17.0 Å². The Kier molecular flexibility index (Phi) is 5.53. The molecule has 1 N–H and O–H groups in total. The van der Waals surface area contributed by atoms with Crippen LogP contribution in [0.15, 0.2) is 53.4 Å². The Morgan fingerprint density at radius 3 is 2.46 bits per heavy atom.